The number of methoxy groups -OCH3 is 1. The maximum atomic E-state index is 12.3. The zero-order chi connectivity index (χ0) is 22.3. The van der Waals surface area contributed by atoms with Gasteiger partial charge in [0.05, 0.1) is 12.9 Å². The van der Waals surface area contributed by atoms with Crippen LogP contribution in [-0.4, -0.2) is 29.0 Å². The van der Waals surface area contributed by atoms with Gasteiger partial charge in [-0.1, -0.05) is 23.4 Å². The Hall–Kier alpha value is -3.49. The van der Waals surface area contributed by atoms with Crippen molar-refractivity contribution in [2.24, 2.45) is 0 Å². The number of hydrogen-bond acceptors (Lipinski definition) is 7. The number of carbonyl (C=O) groups is 1. The van der Waals surface area contributed by atoms with Crippen molar-refractivity contribution >= 4 is 35.0 Å². The number of rotatable bonds is 8. The number of carbonyl (C=O) groups excluding carboxylic acids is 1. The molecule has 0 atom stereocenters. The van der Waals surface area contributed by atoms with E-state index in [0.29, 0.717) is 33.3 Å². The molecule has 1 amide bonds. The van der Waals surface area contributed by atoms with Crippen LogP contribution in [0.5, 0.6) is 17.2 Å². The molecule has 0 spiro atoms. The van der Waals surface area contributed by atoms with Gasteiger partial charge in [0.1, 0.15) is 17.2 Å². The molecule has 4 aromatic rings. The number of thioether (sulfide) groups is 1. The number of aromatic nitrogens is 2. The average molecular weight is 468 g/mol. The van der Waals surface area contributed by atoms with E-state index in [0.717, 1.165) is 23.1 Å². The van der Waals surface area contributed by atoms with Gasteiger partial charge in [0.15, 0.2) is 0 Å². The summed E-state index contributed by atoms with van der Waals surface area (Å²) in [5.74, 6) is 2.39. The number of benzene rings is 3. The Labute approximate surface area is 193 Å². The first kappa shape index (κ1) is 21.7. The lowest BCUT2D eigenvalue weighted by Crippen LogP contribution is -2.13. The van der Waals surface area contributed by atoms with Gasteiger partial charge in [-0.3, -0.25) is 4.79 Å². The van der Waals surface area contributed by atoms with Crippen LogP contribution in [0.4, 0.5) is 5.69 Å². The third-order valence-electron chi connectivity index (χ3n) is 4.26. The smallest absolute Gasteiger partial charge is 0.277 e. The molecular formula is C23H18ClN3O4S. The van der Waals surface area contributed by atoms with Gasteiger partial charge in [-0.2, -0.15) is 0 Å². The van der Waals surface area contributed by atoms with Gasteiger partial charge in [0.25, 0.3) is 5.22 Å². The summed E-state index contributed by atoms with van der Waals surface area (Å²) in [6.45, 7) is 0. The Morgan fingerprint density at radius 1 is 0.938 bits per heavy atom. The molecule has 162 valence electrons. The maximum absolute atomic E-state index is 12.3. The molecule has 9 heteroatoms. The van der Waals surface area contributed by atoms with Crippen molar-refractivity contribution in [2.75, 3.05) is 18.2 Å². The van der Waals surface area contributed by atoms with Crippen molar-refractivity contribution in [3.63, 3.8) is 0 Å². The Balaban J connectivity index is 1.27. The van der Waals surface area contributed by atoms with E-state index in [1.165, 1.54) is 0 Å². The van der Waals surface area contributed by atoms with Crippen molar-refractivity contribution in [1.29, 1.82) is 0 Å². The summed E-state index contributed by atoms with van der Waals surface area (Å²) in [5, 5.41) is 11.8. The molecule has 3 aromatic carbocycles. The first-order chi connectivity index (χ1) is 15.6. The minimum atomic E-state index is -0.189. The van der Waals surface area contributed by atoms with E-state index >= 15 is 0 Å². The van der Waals surface area contributed by atoms with Crippen molar-refractivity contribution in [2.45, 2.75) is 5.22 Å². The number of ether oxygens (including phenoxy) is 2. The Morgan fingerprint density at radius 3 is 2.22 bits per heavy atom. The van der Waals surface area contributed by atoms with Gasteiger partial charge in [-0.05, 0) is 72.8 Å². The molecule has 0 bridgehead atoms. The summed E-state index contributed by atoms with van der Waals surface area (Å²) in [7, 11) is 1.60. The second kappa shape index (κ2) is 10.2. The van der Waals surface area contributed by atoms with Crippen LogP contribution in [0, 0.1) is 0 Å². The lowest BCUT2D eigenvalue weighted by molar-refractivity contribution is -0.113. The fourth-order valence-electron chi connectivity index (χ4n) is 2.69. The summed E-state index contributed by atoms with van der Waals surface area (Å²) >= 11 is 7.04. The van der Waals surface area contributed by atoms with E-state index in [1.807, 2.05) is 24.3 Å². The number of nitrogens with zero attached hydrogens (tertiary/aromatic N) is 2. The average Bonchev–Trinajstić information content (AvgIpc) is 3.30. The third kappa shape index (κ3) is 5.81. The van der Waals surface area contributed by atoms with Gasteiger partial charge in [-0.15, -0.1) is 10.2 Å². The van der Waals surface area contributed by atoms with Gasteiger partial charge in [0, 0.05) is 16.3 Å². The third-order valence-corrected chi connectivity index (χ3v) is 5.33. The first-order valence-electron chi connectivity index (χ1n) is 9.53. The van der Waals surface area contributed by atoms with E-state index in [-0.39, 0.29) is 11.7 Å². The summed E-state index contributed by atoms with van der Waals surface area (Å²) < 4.78 is 16.5. The van der Waals surface area contributed by atoms with Gasteiger partial charge in [-0.25, -0.2) is 0 Å². The summed E-state index contributed by atoms with van der Waals surface area (Å²) in [6, 6.07) is 21.4. The van der Waals surface area contributed by atoms with Gasteiger partial charge >= 0.3 is 0 Å². The van der Waals surface area contributed by atoms with Gasteiger partial charge < -0.3 is 19.2 Å². The molecule has 1 aromatic heterocycles. The molecule has 0 saturated carbocycles. The fourth-order valence-corrected chi connectivity index (χ4v) is 3.38. The monoisotopic (exact) mass is 467 g/mol. The topological polar surface area (TPSA) is 86.5 Å². The van der Waals surface area contributed by atoms with Crippen molar-refractivity contribution in [1.82, 2.24) is 10.2 Å². The SMILES string of the molecule is COc1ccc(-c2nnc(SCC(=O)Nc3ccc(Oc4ccc(Cl)cc4)cc3)o2)cc1. The minimum absolute atomic E-state index is 0.132. The number of halogens is 1. The Kier molecular flexibility index (Phi) is 6.94. The number of anilines is 1. The van der Waals surface area contributed by atoms with Crippen molar-refractivity contribution in [3.8, 4) is 28.7 Å². The molecule has 1 N–H and O–H groups in total. The molecule has 0 radical (unpaired) electrons. The van der Waals surface area contributed by atoms with Gasteiger partial charge in [0.2, 0.25) is 11.8 Å². The molecule has 0 fully saturated rings. The summed E-state index contributed by atoms with van der Waals surface area (Å²) in [5.41, 5.74) is 1.43. The Morgan fingerprint density at radius 2 is 1.56 bits per heavy atom. The zero-order valence-corrected chi connectivity index (χ0v) is 18.5. The van der Waals surface area contributed by atoms with Crippen LogP contribution in [0.2, 0.25) is 5.02 Å². The van der Waals surface area contributed by atoms with E-state index in [4.69, 9.17) is 25.5 Å². The molecule has 32 heavy (non-hydrogen) atoms. The molecule has 4 rings (SSSR count). The highest BCUT2D eigenvalue weighted by Gasteiger charge is 2.12. The van der Waals surface area contributed by atoms with E-state index in [2.05, 4.69) is 15.5 Å². The molecule has 0 aliphatic carbocycles. The lowest BCUT2D eigenvalue weighted by atomic mass is 10.2. The Bertz CT molecular complexity index is 1180. The van der Waals surface area contributed by atoms with Crippen LogP contribution in [0.1, 0.15) is 0 Å². The first-order valence-corrected chi connectivity index (χ1v) is 10.9. The summed E-state index contributed by atoms with van der Waals surface area (Å²) in [4.78, 5) is 12.3. The van der Waals surface area contributed by atoms with Crippen LogP contribution in [-0.2, 0) is 4.79 Å². The minimum Gasteiger partial charge on any atom is -0.497 e. The lowest BCUT2D eigenvalue weighted by Gasteiger charge is -2.08. The second-order valence-corrected chi connectivity index (χ2v) is 7.88. The van der Waals surface area contributed by atoms with E-state index < -0.39 is 0 Å². The second-order valence-electron chi connectivity index (χ2n) is 6.52. The largest absolute Gasteiger partial charge is 0.497 e. The highest BCUT2D eigenvalue weighted by molar-refractivity contribution is 7.99. The maximum Gasteiger partial charge on any atom is 0.277 e. The van der Waals surface area contributed by atoms with E-state index in [9.17, 15) is 4.79 Å². The molecular weight excluding hydrogens is 450 g/mol. The predicted molar refractivity (Wildman–Crippen MR) is 124 cm³/mol. The van der Waals surface area contributed by atoms with Crippen LogP contribution < -0.4 is 14.8 Å². The highest BCUT2D eigenvalue weighted by atomic mass is 35.5. The molecule has 0 unspecified atom stereocenters. The van der Waals surface area contributed by atoms with E-state index in [1.54, 1.807) is 55.6 Å². The number of nitrogens with one attached hydrogen (secondary N) is 1. The number of hydrogen-bond donors (Lipinski definition) is 1. The van der Waals surface area contributed by atoms with Crippen LogP contribution in [0.3, 0.4) is 0 Å². The molecule has 0 saturated heterocycles. The summed E-state index contributed by atoms with van der Waals surface area (Å²) in [6.07, 6.45) is 0. The molecule has 1 heterocycles. The number of amides is 1. The molecule has 0 aliphatic rings. The van der Waals surface area contributed by atoms with Crippen LogP contribution in [0.15, 0.2) is 82.4 Å². The predicted octanol–water partition coefficient (Wildman–Crippen LogP) is 5.92. The van der Waals surface area contributed by atoms with Crippen LogP contribution >= 0.6 is 23.4 Å². The zero-order valence-electron chi connectivity index (χ0n) is 16.9. The quantitative estimate of drug-likeness (QED) is 0.322. The van der Waals surface area contributed by atoms with Crippen molar-refractivity contribution < 1.29 is 18.7 Å². The molecule has 7 nitrogen and oxygen atoms in total. The molecule has 0 aliphatic heterocycles. The van der Waals surface area contributed by atoms with Crippen LogP contribution in [0.25, 0.3) is 11.5 Å². The standard InChI is InChI=1S/C23H18ClN3O4S/c1-29-18-8-2-15(3-9-18)22-26-27-23(31-22)32-14-21(28)25-17-6-12-20(13-7-17)30-19-10-4-16(24)5-11-19/h2-13H,14H2,1H3,(H,25,28). The van der Waals surface area contributed by atoms with Crippen molar-refractivity contribution in [3.05, 3.63) is 77.8 Å². The fraction of sp³-hybridized carbons (Fsp3) is 0.0870. The normalized spacial score (nSPS) is 10.6. The highest BCUT2D eigenvalue weighted by Crippen LogP contribution is 2.26.